The molecule has 28 heavy (non-hydrogen) atoms. The van der Waals surface area contributed by atoms with Crippen molar-refractivity contribution in [3.05, 3.63) is 73.0 Å². The third kappa shape index (κ3) is 5.30. The van der Waals surface area contributed by atoms with E-state index in [-0.39, 0.29) is 11.8 Å². The summed E-state index contributed by atoms with van der Waals surface area (Å²) >= 11 is 0. The van der Waals surface area contributed by atoms with Gasteiger partial charge in [-0.15, -0.1) is 13.2 Å². The van der Waals surface area contributed by atoms with Gasteiger partial charge in [-0.25, -0.2) is 4.79 Å². The van der Waals surface area contributed by atoms with Crippen LogP contribution in [0.1, 0.15) is 30.6 Å². The summed E-state index contributed by atoms with van der Waals surface area (Å²) in [6.45, 7) is 11.0. The number of aryl methyl sites for hydroxylation is 1. The third-order valence-electron chi connectivity index (χ3n) is 4.32. The maximum absolute atomic E-state index is 12.3. The lowest BCUT2D eigenvalue weighted by atomic mass is 9.99. The van der Waals surface area contributed by atoms with E-state index in [2.05, 4.69) is 28.8 Å². The van der Waals surface area contributed by atoms with Gasteiger partial charge < -0.3 is 15.7 Å². The number of carbonyl (C=O) groups excluding carboxylic acids is 1. The van der Waals surface area contributed by atoms with Crippen molar-refractivity contribution in [3.63, 3.8) is 0 Å². The van der Waals surface area contributed by atoms with Gasteiger partial charge in [-0.05, 0) is 37.1 Å². The second kappa shape index (κ2) is 9.50. The number of anilines is 1. The Morgan fingerprint density at radius 1 is 1.25 bits per heavy atom. The fourth-order valence-corrected chi connectivity index (χ4v) is 2.73. The van der Waals surface area contributed by atoms with Gasteiger partial charge in [-0.1, -0.05) is 37.3 Å². The molecule has 0 aliphatic heterocycles. The smallest absolute Gasteiger partial charge is 0.405 e. The zero-order chi connectivity index (χ0) is 20.7. The molecule has 0 radical (unpaired) electrons. The number of carboxylic acid groups (broad SMARTS) is 1. The minimum Gasteiger partial charge on any atom is -0.465 e. The summed E-state index contributed by atoms with van der Waals surface area (Å²) in [6.07, 6.45) is 2.60. The van der Waals surface area contributed by atoms with Crippen LogP contribution in [0.25, 0.3) is 11.3 Å². The van der Waals surface area contributed by atoms with E-state index in [9.17, 15) is 9.59 Å². The average molecular weight is 379 g/mol. The molecule has 0 bridgehead atoms. The van der Waals surface area contributed by atoms with Crippen molar-refractivity contribution in [1.29, 1.82) is 0 Å². The van der Waals surface area contributed by atoms with E-state index >= 15 is 0 Å². The molecular weight excluding hydrogens is 354 g/mol. The highest BCUT2D eigenvalue weighted by molar-refractivity contribution is 5.96. The van der Waals surface area contributed by atoms with Crippen LogP contribution in [0.15, 0.2) is 61.7 Å². The van der Waals surface area contributed by atoms with Gasteiger partial charge in [0.1, 0.15) is 0 Å². The number of aromatic nitrogens is 1. The summed E-state index contributed by atoms with van der Waals surface area (Å²) in [5.74, 6) is -0.507. The first-order chi connectivity index (χ1) is 13.3. The molecule has 3 N–H and O–H groups in total. The van der Waals surface area contributed by atoms with Crippen LogP contribution in [0.5, 0.6) is 0 Å². The summed E-state index contributed by atoms with van der Waals surface area (Å²) in [5, 5.41) is 14.5. The van der Waals surface area contributed by atoms with E-state index in [0.717, 1.165) is 16.8 Å². The van der Waals surface area contributed by atoms with Crippen LogP contribution in [0.4, 0.5) is 10.5 Å². The molecule has 0 fully saturated rings. The van der Waals surface area contributed by atoms with Crippen LogP contribution < -0.4 is 10.6 Å². The van der Waals surface area contributed by atoms with Crippen LogP contribution in [0, 0.1) is 12.8 Å². The van der Waals surface area contributed by atoms with Gasteiger partial charge in [0.05, 0.1) is 23.3 Å². The van der Waals surface area contributed by atoms with E-state index in [1.807, 2.05) is 43.3 Å². The Labute approximate surface area is 165 Å². The molecule has 0 saturated heterocycles. The zero-order valence-electron chi connectivity index (χ0n) is 16.1. The number of amides is 2. The van der Waals surface area contributed by atoms with Crippen LogP contribution in [0.3, 0.4) is 0 Å². The van der Waals surface area contributed by atoms with Crippen molar-refractivity contribution < 1.29 is 14.7 Å². The first kappa shape index (κ1) is 20.9. The monoisotopic (exact) mass is 379 g/mol. The molecule has 2 unspecified atom stereocenters. The summed E-state index contributed by atoms with van der Waals surface area (Å²) < 4.78 is 0. The molecule has 1 heterocycles. The molecule has 146 valence electrons. The Morgan fingerprint density at radius 2 is 2.00 bits per heavy atom. The quantitative estimate of drug-likeness (QED) is 0.580. The van der Waals surface area contributed by atoms with Crippen LogP contribution >= 0.6 is 0 Å². The van der Waals surface area contributed by atoms with Crippen molar-refractivity contribution in [3.8, 4) is 11.3 Å². The number of hydrogen-bond acceptors (Lipinski definition) is 3. The molecular formula is C22H25N3O3. The van der Waals surface area contributed by atoms with Crippen molar-refractivity contribution in [2.45, 2.75) is 26.3 Å². The van der Waals surface area contributed by atoms with E-state index in [0.29, 0.717) is 17.8 Å². The standard InChI is InChI=1S/C22H25N3O3/c1-5-8-18(25-22(27)28)16-9-7-10-17(13-16)20-19(12-11-15(4)23-20)24-21(26)14(3)6-2/h5-7,9-14,18,25H,1-2,8H2,3-4H3,(H,24,26)(H,27,28). The molecule has 2 atom stereocenters. The Balaban J connectivity index is 2.45. The molecule has 6 nitrogen and oxygen atoms in total. The topological polar surface area (TPSA) is 91.3 Å². The molecule has 0 aliphatic rings. The number of pyridine rings is 1. The first-order valence-corrected chi connectivity index (χ1v) is 8.97. The highest BCUT2D eigenvalue weighted by Gasteiger charge is 2.17. The molecule has 2 rings (SSSR count). The van der Waals surface area contributed by atoms with Crippen molar-refractivity contribution in [1.82, 2.24) is 10.3 Å². The van der Waals surface area contributed by atoms with Gasteiger partial charge in [-0.3, -0.25) is 9.78 Å². The predicted octanol–water partition coefficient (Wildman–Crippen LogP) is 4.70. The number of benzene rings is 1. The molecule has 1 aromatic heterocycles. The second-order valence-electron chi connectivity index (χ2n) is 6.51. The molecule has 1 aromatic carbocycles. The predicted molar refractivity (Wildman–Crippen MR) is 111 cm³/mol. The van der Waals surface area contributed by atoms with Crippen LogP contribution in [-0.4, -0.2) is 22.1 Å². The van der Waals surface area contributed by atoms with Gasteiger partial charge in [-0.2, -0.15) is 0 Å². The highest BCUT2D eigenvalue weighted by Crippen LogP contribution is 2.29. The summed E-state index contributed by atoms with van der Waals surface area (Å²) in [4.78, 5) is 28.0. The van der Waals surface area contributed by atoms with Gasteiger partial charge in [0.25, 0.3) is 0 Å². The maximum Gasteiger partial charge on any atom is 0.405 e. The number of rotatable bonds is 8. The van der Waals surface area contributed by atoms with Crippen LogP contribution in [-0.2, 0) is 4.79 Å². The number of nitrogens with one attached hydrogen (secondary N) is 2. The lowest BCUT2D eigenvalue weighted by molar-refractivity contribution is -0.118. The fraction of sp³-hybridized carbons (Fsp3) is 0.227. The molecule has 0 aliphatic carbocycles. The van der Waals surface area contributed by atoms with Gasteiger partial charge in [0.2, 0.25) is 5.91 Å². The number of carbonyl (C=O) groups is 2. The van der Waals surface area contributed by atoms with Gasteiger partial charge in [0.15, 0.2) is 0 Å². The second-order valence-corrected chi connectivity index (χ2v) is 6.51. The zero-order valence-corrected chi connectivity index (χ0v) is 16.1. The summed E-state index contributed by atoms with van der Waals surface area (Å²) in [5.41, 5.74) is 3.59. The SMILES string of the molecule is C=CCC(NC(=O)O)c1cccc(-c2nc(C)ccc2NC(=O)C(C)C=C)c1. The molecule has 2 aromatic rings. The van der Waals surface area contributed by atoms with E-state index < -0.39 is 12.1 Å². The highest BCUT2D eigenvalue weighted by atomic mass is 16.4. The fourth-order valence-electron chi connectivity index (χ4n) is 2.73. The normalized spacial score (nSPS) is 12.5. The van der Waals surface area contributed by atoms with Crippen molar-refractivity contribution in [2.75, 3.05) is 5.32 Å². The van der Waals surface area contributed by atoms with Gasteiger partial charge >= 0.3 is 6.09 Å². The Kier molecular flexibility index (Phi) is 7.09. The Hall–Kier alpha value is -3.41. The largest absolute Gasteiger partial charge is 0.465 e. The minimum absolute atomic E-state index is 0.171. The number of nitrogens with zero attached hydrogens (tertiary/aromatic N) is 1. The molecule has 0 spiro atoms. The lowest BCUT2D eigenvalue weighted by Gasteiger charge is -2.18. The van der Waals surface area contributed by atoms with E-state index in [4.69, 9.17) is 5.11 Å². The molecule has 2 amide bonds. The van der Waals surface area contributed by atoms with E-state index in [1.165, 1.54) is 0 Å². The van der Waals surface area contributed by atoms with E-state index in [1.54, 1.807) is 19.1 Å². The lowest BCUT2D eigenvalue weighted by Crippen LogP contribution is -2.26. The van der Waals surface area contributed by atoms with Gasteiger partial charge in [0, 0.05) is 11.3 Å². The van der Waals surface area contributed by atoms with Crippen molar-refractivity contribution >= 4 is 17.7 Å². The third-order valence-corrected chi connectivity index (χ3v) is 4.32. The summed E-state index contributed by atoms with van der Waals surface area (Å²) in [7, 11) is 0. The van der Waals surface area contributed by atoms with Crippen molar-refractivity contribution in [2.24, 2.45) is 5.92 Å². The molecule has 6 heteroatoms. The summed E-state index contributed by atoms with van der Waals surface area (Å²) in [6, 6.07) is 10.7. The minimum atomic E-state index is -1.10. The Bertz CT molecular complexity index is 892. The Morgan fingerprint density at radius 3 is 2.64 bits per heavy atom. The average Bonchev–Trinajstić information content (AvgIpc) is 2.68. The van der Waals surface area contributed by atoms with Crippen LogP contribution in [0.2, 0.25) is 0 Å². The first-order valence-electron chi connectivity index (χ1n) is 8.97. The molecule has 0 saturated carbocycles. The maximum atomic E-state index is 12.3. The number of hydrogen-bond donors (Lipinski definition) is 3.